The molecule has 1 saturated heterocycles. The van der Waals surface area contributed by atoms with Gasteiger partial charge in [0.15, 0.2) is 0 Å². The Labute approximate surface area is 112 Å². The molecule has 2 amide bonds. The summed E-state index contributed by atoms with van der Waals surface area (Å²) in [6, 6.07) is -0.539. The van der Waals surface area contributed by atoms with Crippen LogP contribution in [0.25, 0.3) is 0 Å². The van der Waals surface area contributed by atoms with E-state index in [1.54, 1.807) is 0 Å². The average molecular weight is 270 g/mol. The zero-order chi connectivity index (χ0) is 13.8. The van der Waals surface area contributed by atoms with E-state index >= 15 is 0 Å². The van der Waals surface area contributed by atoms with E-state index in [0.717, 1.165) is 6.42 Å². The highest BCUT2D eigenvalue weighted by Crippen LogP contribution is 2.38. The fourth-order valence-corrected chi connectivity index (χ4v) is 2.56. The fourth-order valence-electron chi connectivity index (χ4n) is 2.56. The molecule has 2 fully saturated rings. The predicted octanol–water partition coefficient (Wildman–Crippen LogP) is 1.11. The number of carboxylic acids is 1. The number of carbonyl (C=O) groups is 2. The quantitative estimate of drug-likeness (QED) is 0.674. The van der Waals surface area contributed by atoms with Crippen LogP contribution in [0.1, 0.15) is 39.0 Å². The van der Waals surface area contributed by atoms with Gasteiger partial charge in [0.1, 0.15) is 0 Å². The zero-order valence-corrected chi connectivity index (χ0v) is 11.2. The van der Waals surface area contributed by atoms with Crippen molar-refractivity contribution in [2.45, 2.75) is 57.2 Å². The highest BCUT2D eigenvalue weighted by atomic mass is 16.5. The molecule has 1 aliphatic carbocycles. The van der Waals surface area contributed by atoms with E-state index in [9.17, 15) is 9.59 Å². The topological polar surface area (TPSA) is 87.7 Å². The maximum atomic E-state index is 11.9. The molecule has 3 atom stereocenters. The van der Waals surface area contributed by atoms with Gasteiger partial charge in [0.25, 0.3) is 0 Å². The maximum absolute atomic E-state index is 11.9. The van der Waals surface area contributed by atoms with Crippen LogP contribution in [0, 0.1) is 5.92 Å². The molecule has 0 spiro atoms. The Balaban J connectivity index is 1.77. The van der Waals surface area contributed by atoms with Crippen LogP contribution < -0.4 is 10.6 Å². The van der Waals surface area contributed by atoms with E-state index in [0.29, 0.717) is 18.9 Å². The van der Waals surface area contributed by atoms with Crippen molar-refractivity contribution in [1.29, 1.82) is 0 Å². The van der Waals surface area contributed by atoms with Crippen molar-refractivity contribution >= 4 is 12.0 Å². The molecule has 0 aromatic carbocycles. The number of aliphatic carboxylic acids is 1. The third-order valence-corrected chi connectivity index (χ3v) is 3.79. The van der Waals surface area contributed by atoms with E-state index in [4.69, 9.17) is 9.84 Å². The monoisotopic (exact) mass is 270 g/mol. The van der Waals surface area contributed by atoms with Gasteiger partial charge in [-0.2, -0.15) is 0 Å². The highest BCUT2D eigenvalue weighted by Gasteiger charge is 2.41. The molecule has 1 aliphatic heterocycles. The number of urea groups is 1. The van der Waals surface area contributed by atoms with Crippen LogP contribution >= 0.6 is 0 Å². The van der Waals surface area contributed by atoms with Crippen LogP contribution in [0.2, 0.25) is 0 Å². The average Bonchev–Trinajstić information content (AvgIpc) is 3.09. The number of nitrogens with one attached hydrogen (secondary N) is 2. The zero-order valence-electron chi connectivity index (χ0n) is 11.2. The molecule has 2 aliphatic rings. The van der Waals surface area contributed by atoms with Crippen molar-refractivity contribution in [3.8, 4) is 0 Å². The van der Waals surface area contributed by atoms with Crippen molar-refractivity contribution in [3.63, 3.8) is 0 Å². The Hall–Kier alpha value is -1.30. The summed E-state index contributed by atoms with van der Waals surface area (Å²) in [5, 5.41) is 14.4. The first-order valence-electron chi connectivity index (χ1n) is 7.00. The normalized spacial score (nSPS) is 27.8. The van der Waals surface area contributed by atoms with Gasteiger partial charge in [-0.25, -0.2) is 4.79 Å². The second-order valence-electron chi connectivity index (χ2n) is 5.39. The number of hydrogen-bond acceptors (Lipinski definition) is 3. The third-order valence-electron chi connectivity index (χ3n) is 3.79. The lowest BCUT2D eigenvalue weighted by Crippen LogP contribution is -2.49. The molecule has 6 heteroatoms. The third kappa shape index (κ3) is 4.09. The minimum absolute atomic E-state index is 0.0445. The predicted molar refractivity (Wildman–Crippen MR) is 68.9 cm³/mol. The molecule has 108 valence electrons. The van der Waals surface area contributed by atoms with Gasteiger partial charge < -0.3 is 20.5 Å². The van der Waals surface area contributed by atoms with E-state index < -0.39 is 5.97 Å². The molecule has 0 bridgehead atoms. The molecule has 2 rings (SSSR count). The van der Waals surface area contributed by atoms with Crippen molar-refractivity contribution in [1.82, 2.24) is 10.6 Å². The Morgan fingerprint density at radius 2 is 2.11 bits per heavy atom. The molecule has 3 unspecified atom stereocenters. The largest absolute Gasteiger partial charge is 0.481 e. The van der Waals surface area contributed by atoms with Crippen LogP contribution in [0.5, 0.6) is 0 Å². The van der Waals surface area contributed by atoms with Gasteiger partial charge in [-0.3, -0.25) is 4.79 Å². The second kappa shape index (κ2) is 6.23. The van der Waals surface area contributed by atoms with Crippen molar-refractivity contribution < 1.29 is 19.4 Å². The van der Waals surface area contributed by atoms with Gasteiger partial charge >= 0.3 is 12.0 Å². The Bertz CT molecular complexity index is 344. The number of carboxylic acid groups (broad SMARTS) is 1. The highest BCUT2D eigenvalue weighted by molar-refractivity contribution is 5.76. The first kappa shape index (κ1) is 14.1. The van der Waals surface area contributed by atoms with E-state index in [1.165, 1.54) is 12.8 Å². The second-order valence-corrected chi connectivity index (χ2v) is 5.39. The Kier molecular flexibility index (Phi) is 4.63. The van der Waals surface area contributed by atoms with Crippen LogP contribution in [-0.4, -0.2) is 41.9 Å². The standard InChI is InChI=1S/C13H22N2O4/c1-2-9(7-11(16)17)14-13(18)15-10-5-6-19-12(10)8-3-4-8/h8-10,12H,2-7H2,1H3,(H,16,17)(H2,14,15,18). The molecule has 3 N–H and O–H groups in total. The summed E-state index contributed by atoms with van der Waals surface area (Å²) >= 11 is 0. The molecule has 1 saturated carbocycles. The van der Waals surface area contributed by atoms with Gasteiger partial charge in [0.05, 0.1) is 18.6 Å². The Morgan fingerprint density at radius 3 is 2.68 bits per heavy atom. The summed E-state index contributed by atoms with van der Waals surface area (Å²) in [5.74, 6) is -0.305. The summed E-state index contributed by atoms with van der Waals surface area (Å²) in [5.41, 5.74) is 0. The number of ether oxygens (including phenoxy) is 1. The van der Waals surface area contributed by atoms with Gasteiger partial charge in [-0.05, 0) is 31.6 Å². The molecular weight excluding hydrogens is 248 g/mol. The van der Waals surface area contributed by atoms with E-state index in [1.807, 2.05) is 6.92 Å². The summed E-state index contributed by atoms with van der Waals surface area (Å²) in [7, 11) is 0. The number of hydrogen-bond donors (Lipinski definition) is 3. The van der Waals surface area contributed by atoms with Crippen LogP contribution in [-0.2, 0) is 9.53 Å². The number of rotatable bonds is 6. The van der Waals surface area contributed by atoms with Crippen LogP contribution in [0.15, 0.2) is 0 Å². The van der Waals surface area contributed by atoms with Gasteiger partial charge in [-0.15, -0.1) is 0 Å². The smallest absolute Gasteiger partial charge is 0.315 e. The van der Waals surface area contributed by atoms with Crippen molar-refractivity contribution in [2.24, 2.45) is 5.92 Å². The maximum Gasteiger partial charge on any atom is 0.315 e. The molecule has 0 aromatic rings. The number of amides is 2. The molecule has 0 aromatic heterocycles. The first-order valence-corrected chi connectivity index (χ1v) is 7.00. The molecule has 19 heavy (non-hydrogen) atoms. The minimum atomic E-state index is -0.896. The van der Waals surface area contributed by atoms with E-state index in [-0.39, 0.29) is 30.6 Å². The van der Waals surface area contributed by atoms with Gasteiger partial charge in [-0.1, -0.05) is 6.92 Å². The first-order chi connectivity index (χ1) is 9.10. The lowest BCUT2D eigenvalue weighted by molar-refractivity contribution is -0.137. The fraction of sp³-hybridized carbons (Fsp3) is 0.846. The molecular formula is C13H22N2O4. The Morgan fingerprint density at radius 1 is 1.37 bits per heavy atom. The van der Waals surface area contributed by atoms with Gasteiger partial charge in [0.2, 0.25) is 0 Å². The lowest BCUT2D eigenvalue weighted by atomic mass is 10.1. The van der Waals surface area contributed by atoms with E-state index in [2.05, 4.69) is 10.6 Å². The summed E-state index contributed by atoms with van der Waals surface area (Å²) < 4.78 is 5.65. The summed E-state index contributed by atoms with van der Waals surface area (Å²) in [4.78, 5) is 22.5. The SMILES string of the molecule is CCC(CC(=O)O)NC(=O)NC1CCOC1C1CC1. The lowest BCUT2D eigenvalue weighted by Gasteiger charge is -2.22. The summed E-state index contributed by atoms with van der Waals surface area (Å²) in [6.45, 7) is 2.55. The van der Waals surface area contributed by atoms with Crippen molar-refractivity contribution in [3.05, 3.63) is 0 Å². The van der Waals surface area contributed by atoms with Crippen molar-refractivity contribution in [2.75, 3.05) is 6.61 Å². The minimum Gasteiger partial charge on any atom is -0.481 e. The molecule has 1 heterocycles. The number of carbonyl (C=O) groups excluding carboxylic acids is 1. The van der Waals surface area contributed by atoms with Crippen LogP contribution in [0.4, 0.5) is 4.79 Å². The molecule has 0 radical (unpaired) electrons. The van der Waals surface area contributed by atoms with Crippen LogP contribution in [0.3, 0.4) is 0 Å². The van der Waals surface area contributed by atoms with Gasteiger partial charge in [0, 0.05) is 12.6 Å². The molecule has 6 nitrogen and oxygen atoms in total. The summed E-state index contributed by atoms with van der Waals surface area (Å²) in [6.07, 6.45) is 3.90.